The summed E-state index contributed by atoms with van der Waals surface area (Å²) in [5.74, 6) is 0.402. The summed E-state index contributed by atoms with van der Waals surface area (Å²) in [6.07, 6.45) is 1.35. The van der Waals surface area contributed by atoms with Gasteiger partial charge in [-0.05, 0) is 35.7 Å². The summed E-state index contributed by atoms with van der Waals surface area (Å²) in [6, 6.07) is 11.1. The standard InChI is InChI=1S/C15H12Cl2O2/c1-19-15-12(9-18)7-10(8-14(15)17)6-11-4-2-3-5-13(11)16/h2-5,7-9H,6H2,1H3. The lowest BCUT2D eigenvalue weighted by Crippen LogP contribution is -1.96. The lowest BCUT2D eigenvalue weighted by Gasteiger charge is -2.10. The van der Waals surface area contributed by atoms with E-state index in [2.05, 4.69) is 0 Å². The molecule has 0 amide bonds. The molecule has 0 unspecified atom stereocenters. The van der Waals surface area contributed by atoms with Crippen LogP contribution in [0.2, 0.25) is 10.0 Å². The molecule has 0 saturated carbocycles. The molecule has 0 N–H and O–H groups in total. The van der Waals surface area contributed by atoms with Crippen molar-refractivity contribution in [2.24, 2.45) is 0 Å². The molecule has 19 heavy (non-hydrogen) atoms. The van der Waals surface area contributed by atoms with Gasteiger partial charge in [-0.15, -0.1) is 0 Å². The highest BCUT2D eigenvalue weighted by Crippen LogP contribution is 2.30. The molecule has 2 rings (SSSR count). The van der Waals surface area contributed by atoms with Gasteiger partial charge in [0, 0.05) is 5.02 Å². The molecule has 4 heteroatoms. The largest absolute Gasteiger partial charge is 0.494 e. The van der Waals surface area contributed by atoms with E-state index in [1.165, 1.54) is 7.11 Å². The normalized spacial score (nSPS) is 10.3. The number of carbonyl (C=O) groups excluding carboxylic acids is 1. The van der Waals surface area contributed by atoms with Crippen LogP contribution in [0.3, 0.4) is 0 Å². The number of methoxy groups -OCH3 is 1. The van der Waals surface area contributed by atoms with E-state index in [4.69, 9.17) is 27.9 Å². The third-order valence-electron chi connectivity index (χ3n) is 2.82. The van der Waals surface area contributed by atoms with Crippen LogP contribution in [0.4, 0.5) is 0 Å². The predicted molar refractivity (Wildman–Crippen MR) is 77.6 cm³/mol. The van der Waals surface area contributed by atoms with Gasteiger partial charge in [0.2, 0.25) is 0 Å². The molecule has 2 nitrogen and oxygen atoms in total. The Hall–Kier alpha value is -1.51. The summed E-state index contributed by atoms with van der Waals surface area (Å²) >= 11 is 12.2. The van der Waals surface area contributed by atoms with Crippen molar-refractivity contribution in [3.8, 4) is 5.75 Å². The lowest BCUT2D eigenvalue weighted by atomic mass is 10.0. The highest BCUT2D eigenvalue weighted by molar-refractivity contribution is 6.32. The Morgan fingerprint density at radius 2 is 1.89 bits per heavy atom. The van der Waals surface area contributed by atoms with Crippen LogP contribution >= 0.6 is 23.2 Å². The van der Waals surface area contributed by atoms with Crippen LogP contribution in [0.5, 0.6) is 5.75 Å². The zero-order valence-electron chi connectivity index (χ0n) is 10.3. The van der Waals surface area contributed by atoms with Gasteiger partial charge in [0.15, 0.2) is 6.29 Å². The van der Waals surface area contributed by atoms with Gasteiger partial charge >= 0.3 is 0 Å². The Labute approximate surface area is 121 Å². The van der Waals surface area contributed by atoms with Crippen molar-refractivity contribution in [1.29, 1.82) is 0 Å². The average molecular weight is 295 g/mol. The van der Waals surface area contributed by atoms with Crippen molar-refractivity contribution < 1.29 is 9.53 Å². The minimum Gasteiger partial charge on any atom is -0.494 e. The zero-order valence-corrected chi connectivity index (χ0v) is 11.8. The maximum atomic E-state index is 11.0. The molecule has 0 aliphatic rings. The number of benzene rings is 2. The van der Waals surface area contributed by atoms with E-state index in [1.54, 1.807) is 12.1 Å². The summed E-state index contributed by atoms with van der Waals surface area (Å²) in [7, 11) is 1.49. The molecule has 0 fully saturated rings. The van der Waals surface area contributed by atoms with Crippen molar-refractivity contribution >= 4 is 29.5 Å². The van der Waals surface area contributed by atoms with Crippen LogP contribution < -0.4 is 4.74 Å². The summed E-state index contributed by atoms with van der Waals surface area (Å²) in [4.78, 5) is 11.0. The second-order valence-electron chi connectivity index (χ2n) is 4.09. The molecule has 0 heterocycles. The van der Waals surface area contributed by atoms with Gasteiger partial charge in [-0.25, -0.2) is 0 Å². The monoisotopic (exact) mass is 294 g/mol. The first-order chi connectivity index (χ1) is 9.15. The van der Waals surface area contributed by atoms with E-state index in [0.29, 0.717) is 27.8 Å². The number of hydrogen-bond donors (Lipinski definition) is 0. The Kier molecular flexibility index (Phi) is 4.46. The topological polar surface area (TPSA) is 26.3 Å². The van der Waals surface area contributed by atoms with Crippen molar-refractivity contribution in [2.75, 3.05) is 7.11 Å². The van der Waals surface area contributed by atoms with Crippen LogP contribution in [0, 0.1) is 0 Å². The molecule has 0 aliphatic heterocycles. The predicted octanol–water partition coefficient (Wildman–Crippen LogP) is 4.41. The van der Waals surface area contributed by atoms with E-state index < -0.39 is 0 Å². The molecular formula is C15H12Cl2O2. The Morgan fingerprint density at radius 3 is 2.53 bits per heavy atom. The maximum Gasteiger partial charge on any atom is 0.153 e. The summed E-state index contributed by atoms with van der Waals surface area (Å²) in [5.41, 5.74) is 2.35. The molecular weight excluding hydrogens is 283 g/mol. The van der Waals surface area contributed by atoms with Gasteiger partial charge in [-0.3, -0.25) is 4.79 Å². The first-order valence-corrected chi connectivity index (χ1v) is 6.46. The molecule has 2 aromatic carbocycles. The zero-order chi connectivity index (χ0) is 13.8. The number of halogens is 2. The highest BCUT2D eigenvalue weighted by Gasteiger charge is 2.10. The number of aldehydes is 1. The fourth-order valence-electron chi connectivity index (χ4n) is 1.94. The number of hydrogen-bond acceptors (Lipinski definition) is 2. The molecule has 2 aromatic rings. The van der Waals surface area contributed by atoms with Crippen molar-refractivity contribution in [3.63, 3.8) is 0 Å². The van der Waals surface area contributed by atoms with Gasteiger partial charge in [-0.2, -0.15) is 0 Å². The minimum atomic E-state index is 0.402. The summed E-state index contributed by atoms with van der Waals surface area (Å²) in [5, 5.41) is 1.12. The van der Waals surface area contributed by atoms with Crippen LogP contribution in [0.15, 0.2) is 36.4 Å². The van der Waals surface area contributed by atoms with E-state index >= 15 is 0 Å². The number of carbonyl (C=O) groups is 1. The fourth-order valence-corrected chi connectivity index (χ4v) is 2.47. The Morgan fingerprint density at radius 1 is 1.16 bits per heavy atom. The van der Waals surface area contributed by atoms with Crippen molar-refractivity contribution in [3.05, 3.63) is 63.1 Å². The molecule has 0 spiro atoms. The average Bonchev–Trinajstić information content (AvgIpc) is 2.40. The van der Waals surface area contributed by atoms with Gasteiger partial charge < -0.3 is 4.74 Å². The Bertz CT molecular complexity index is 609. The van der Waals surface area contributed by atoms with Crippen LogP contribution in [-0.2, 0) is 6.42 Å². The SMILES string of the molecule is COc1c(Cl)cc(Cc2ccccc2Cl)cc1C=O. The Balaban J connectivity index is 2.39. The second kappa shape index (κ2) is 6.09. The fraction of sp³-hybridized carbons (Fsp3) is 0.133. The summed E-state index contributed by atoms with van der Waals surface area (Å²) in [6.45, 7) is 0. The van der Waals surface area contributed by atoms with Crippen LogP contribution in [-0.4, -0.2) is 13.4 Å². The first-order valence-electron chi connectivity index (χ1n) is 5.70. The molecule has 0 saturated heterocycles. The molecule has 0 atom stereocenters. The molecule has 0 bridgehead atoms. The molecule has 0 radical (unpaired) electrons. The van der Waals surface area contributed by atoms with Crippen molar-refractivity contribution in [2.45, 2.75) is 6.42 Å². The van der Waals surface area contributed by atoms with Gasteiger partial charge in [0.05, 0.1) is 17.7 Å². The van der Waals surface area contributed by atoms with Crippen molar-refractivity contribution in [1.82, 2.24) is 0 Å². The minimum absolute atomic E-state index is 0.402. The molecule has 0 aliphatic carbocycles. The highest BCUT2D eigenvalue weighted by atomic mass is 35.5. The van der Waals surface area contributed by atoms with Crippen LogP contribution in [0.25, 0.3) is 0 Å². The molecule has 98 valence electrons. The van der Waals surface area contributed by atoms with E-state index in [1.807, 2.05) is 24.3 Å². The second-order valence-corrected chi connectivity index (χ2v) is 4.90. The van der Waals surface area contributed by atoms with Gasteiger partial charge in [0.1, 0.15) is 5.75 Å². The van der Waals surface area contributed by atoms with Gasteiger partial charge in [0.25, 0.3) is 0 Å². The van der Waals surface area contributed by atoms with Gasteiger partial charge in [-0.1, -0.05) is 41.4 Å². The first kappa shape index (κ1) is 13.9. The number of ether oxygens (including phenoxy) is 1. The summed E-state index contributed by atoms with van der Waals surface area (Å²) < 4.78 is 5.11. The third-order valence-corrected chi connectivity index (χ3v) is 3.47. The smallest absolute Gasteiger partial charge is 0.153 e. The van der Waals surface area contributed by atoms with E-state index in [-0.39, 0.29) is 0 Å². The number of rotatable bonds is 4. The van der Waals surface area contributed by atoms with E-state index in [9.17, 15) is 4.79 Å². The lowest BCUT2D eigenvalue weighted by molar-refractivity contribution is 0.112. The third kappa shape index (κ3) is 3.09. The maximum absolute atomic E-state index is 11.0. The quantitative estimate of drug-likeness (QED) is 0.781. The van der Waals surface area contributed by atoms with E-state index in [0.717, 1.165) is 17.4 Å². The van der Waals surface area contributed by atoms with Crippen LogP contribution in [0.1, 0.15) is 21.5 Å². The molecule has 0 aromatic heterocycles.